The molecule has 1 atom stereocenters. The Morgan fingerprint density at radius 1 is 1.11 bits per heavy atom. The Bertz CT molecular complexity index is 1220. The maximum Gasteiger partial charge on any atom is 0.278 e. The zero-order valence-corrected chi connectivity index (χ0v) is 20.2. The van der Waals surface area contributed by atoms with Crippen LogP contribution in [0, 0.1) is 23.4 Å². The molecule has 0 saturated heterocycles. The second-order valence-electron chi connectivity index (χ2n) is 9.29. The molecule has 1 fully saturated rings. The first-order valence-corrected chi connectivity index (χ1v) is 12.1. The number of nitrogens with zero attached hydrogens (tertiary/aromatic N) is 3. The van der Waals surface area contributed by atoms with Gasteiger partial charge in [0, 0.05) is 43.5 Å². The normalized spacial score (nSPS) is 18.4. The van der Waals surface area contributed by atoms with Crippen LogP contribution < -0.4 is 15.8 Å². The number of benzene rings is 1. The zero-order chi connectivity index (χ0) is 26.1. The first kappa shape index (κ1) is 25.6. The van der Waals surface area contributed by atoms with Crippen molar-refractivity contribution in [3.8, 4) is 5.75 Å². The number of pyridine rings is 1. The number of carbonyl (C=O) groups excluding carboxylic acids is 2. The molecule has 1 aromatic heterocycles. The molecule has 0 bridgehead atoms. The third-order valence-electron chi connectivity index (χ3n) is 7.07. The summed E-state index contributed by atoms with van der Waals surface area (Å²) in [5.41, 5.74) is -2.37. The number of halogens is 3. The largest absolute Gasteiger partial charge is 0.502 e. The molecule has 2 amide bonds. The first-order chi connectivity index (χ1) is 17.1. The Hall–Kier alpha value is -3.50. The van der Waals surface area contributed by atoms with Gasteiger partial charge in [-0.3, -0.25) is 24.1 Å². The molecule has 1 aromatic carbocycles. The molecule has 2 aliphatic rings. The fourth-order valence-electron chi connectivity index (χ4n) is 5.09. The second kappa shape index (κ2) is 10.2. The van der Waals surface area contributed by atoms with E-state index in [9.17, 15) is 32.7 Å². The number of carbonyl (C=O) groups is 2. The summed E-state index contributed by atoms with van der Waals surface area (Å²) >= 11 is 0. The minimum Gasteiger partial charge on any atom is -0.502 e. The van der Waals surface area contributed by atoms with Crippen molar-refractivity contribution in [2.75, 3.05) is 18.1 Å². The topological polar surface area (TPSA) is 94.9 Å². The Morgan fingerprint density at radius 2 is 1.75 bits per heavy atom. The zero-order valence-electron chi connectivity index (χ0n) is 20.2. The van der Waals surface area contributed by atoms with Gasteiger partial charge in [-0.1, -0.05) is 19.3 Å². The molecule has 2 N–H and O–H groups in total. The number of amides is 2. The van der Waals surface area contributed by atoms with Crippen molar-refractivity contribution in [2.45, 2.75) is 58.7 Å². The fourth-order valence-corrected chi connectivity index (χ4v) is 5.09. The van der Waals surface area contributed by atoms with Crippen molar-refractivity contribution >= 4 is 11.8 Å². The lowest BCUT2D eigenvalue weighted by Gasteiger charge is -2.46. The summed E-state index contributed by atoms with van der Waals surface area (Å²) in [5.74, 6) is -5.54. The SMILES string of the molecule is CCN1C(=O)c2c(O)c(=O)c(C(=O)NCc3c(F)cc(F)cc3F)cn2N(CC2CCCCC2)[C@H]1C. The lowest BCUT2D eigenvalue weighted by molar-refractivity contribution is 0.0589. The van der Waals surface area contributed by atoms with Crippen molar-refractivity contribution in [1.82, 2.24) is 14.9 Å². The van der Waals surface area contributed by atoms with Crippen LogP contribution in [0.2, 0.25) is 0 Å². The van der Waals surface area contributed by atoms with Gasteiger partial charge in [-0.15, -0.1) is 0 Å². The number of hydrogen-bond donors (Lipinski definition) is 2. The van der Waals surface area contributed by atoms with E-state index in [0.717, 1.165) is 32.1 Å². The van der Waals surface area contributed by atoms with Crippen molar-refractivity contribution in [1.29, 1.82) is 0 Å². The molecule has 0 spiro atoms. The summed E-state index contributed by atoms with van der Waals surface area (Å²) < 4.78 is 42.5. The number of aromatic nitrogens is 1. The van der Waals surface area contributed by atoms with Gasteiger partial charge in [-0.2, -0.15) is 0 Å². The molecule has 2 aromatic rings. The van der Waals surface area contributed by atoms with E-state index in [-0.39, 0.29) is 5.69 Å². The molecule has 36 heavy (non-hydrogen) atoms. The van der Waals surface area contributed by atoms with Gasteiger partial charge in [0.25, 0.3) is 11.8 Å². The third-order valence-corrected chi connectivity index (χ3v) is 7.07. The Labute approximate surface area is 206 Å². The predicted molar refractivity (Wildman–Crippen MR) is 126 cm³/mol. The Kier molecular flexibility index (Phi) is 7.28. The van der Waals surface area contributed by atoms with Crippen molar-refractivity contribution in [3.63, 3.8) is 0 Å². The van der Waals surface area contributed by atoms with E-state index in [1.165, 1.54) is 15.8 Å². The van der Waals surface area contributed by atoms with E-state index < -0.39 is 64.3 Å². The molecule has 0 unspecified atom stereocenters. The summed E-state index contributed by atoms with van der Waals surface area (Å²) in [5, 5.41) is 14.8. The van der Waals surface area contributed by atoms with E-state index >= 15 is 0 Å². The molecule has 2 heterocycles. The van der Waals surface area contributed by atoms with Crippen LogP contribution >= 0.6 is 0 Å². The average molecular weight is 507 g/mol. The van der Waals surface area contributed by atoms with E-state index in [0.29, 0.717) is 31.1 Å². The third kappa shape index (κ3) is 4.66. The van der Waals surface area contributed by atoms with Crippen molar-refractivity contribution in [3.05, 3.63) is 62.8 Å². The lowest BCUT2D eigenvalue weighted by Crippen LogP contribution is -2.61. The van der Waals surface area contributed by atoms with Crippen LogP contribution in [-0.4, -0.2) is 45.8 Å². The Morgan fingerprint density at radius 3 is 2.36 bits per heavy atom. The molecule has 11 heteroatoms. The molecular formula is C25H29F3N4O4. The molecular weight excluding hydrogens is 477 g/mol. The smallest absolute Gasteiger partial charge is 0.278 e. The van der Waals surface area contributed by atoms with E-state index in [1.807, 2.05) is 11.9 Å². The molecule has 1 aliphatic heterocycles. The summed E-state index contributed by atoms with van der Waals surface area (Å²) in [6.45, 7) is 3.89. The van der Waals surface area contributed by atoms with Crippen LogP contribution in [0.1, 0.15) is 72.4 Å². The highest BCUT2D eigenvalue weighted by molar-refractivity contribution is 5.99. The monoisotopic (exact) mass is 506 g/mol. The minimum absolute atomic E-state index is 0.233. The quantitative estimate of drug-likeness (QED) is 0.628. The summed E-state index contributed by atoms with van der Waals surface area (Å²) in [6.07, 6.45) is 6.15. The van der Waals surface area contributed by atoms with Crippen LogP contribution in [0.3, 0.4) is 0 Å². The van der Waals surface area contributed by atoms with Gasteiger partial charge in [-0.25, -0.2) is 13.2 Å². The molecule has 0 radical (unpaired) electrons. The van der Waals surface area contributed by atoms with Gasteiger partial charge in [0.05, 0.1) is 0 Å². The van der Waals surface area contributed by atoms with Crippen LogP contribution in [0.4, 0.5) is 13.2 Å². The van der Waals surface area contributed by atoms with E-state index in [1.54, 1.807) is 6.92 Å². The lowest BCUT2D eigenvalue weighted by atomic mass is 9.89. The van der Waals surface area contributed by atoms with Crippen molar-refractivity contribution in [2.24, 2.45) is 5.92 Å². The fraction of sp³-hybridized carbons (Fsp3) is 0.480. The molecule has 194 valence electrons. The maximum atomic E-state index is 14.0. The van der Waals surface area contributed by atoms with Crippen LogP contribution in [0.15, 0.2) is 23.1 Å². The van der Waals surface area contributed by atoms with Gasteiger partial charge in [0.2, 0.25) is 5.43 Å². The minimum atomic E-state index is -1.18. The summed E-state index contributed by atoms with van der Waals surface area (Å²) in [7, 11) is 0. The van der Waals surface area contributed by atoms with Gasteiger partial charge < -0.3 is 15.3 Å². The molecule has 1 aliphatic carbocycles. The van der Waals surface area contributed by atoms with Gasteiger partial charge in [0.15, 0.2) is 11.4 Å². The molecule has 4 rings (SSSR count). The number of fused-ring (bicyclic) bond motifs is 1. The summed E-state index contributed by atoms with van der Waals surface area (Å²) in [6, 6.07) is 0.972. The molecule has 1 saturated carbocycles. The average Bonchev–Trinajstić information content (AvgIpc) is 2.83. The highest BCUT2D eigenvalue weighted by Gasteiger charge is 2.38. The highest BCUT2D eigenvalue weighted by Crippen LogP contribution is 2.29. The van der Waals surface area contributed by atoms with Gasteiger partial charge in [0.1, 0.15) is 29.2 Å². The van der Waals surface area contributed by atoms with Crippen LogP contribution in [-0.2, 0) is 6.54 Å². The predicted octanol–water partition coefficient (Wildman–Crippen LogP) is 3.24. The second-order valence-corrected chi connectivity index (χ2v) is 9.29. The standard InChI is InChI=1S/C25H29F3N4O4/c1-3-30-14(2)31(12-15-7-5-4-6-8-15)32-13-18(22(33)23(34)21(32)25(30)36)24(35)29-11-17-19(27)9-16(26)10-20(17)28/h9-10,13-15,34H,3-8,11-12H2,1-2H3,(H,29,35)/t14-/m0/s1. The number of aromatic hydroxyl groups is 1. The van der Waals surface area contributed by atoms with E-state index in [2.05, 4.69) is 5.32 Å². The molecule has 8 nitrogen and oxygen atoms in total. The van der Waals surface area contributed by atoms with E-state index in [4.69, 9.17) is 0 Å². The van der Waals surface area contributed by atoms with Crippen LogP contribution in [0.5, 0.6) is 5.75 Å². The van der Waals surface area contributed by atoms with Crippen LogP contribution in [0.25, 0.3) is 0 Å². The Balaban J connectivity index is 1.70. The van der Waals surface area contributed by atoms with Gasteiger partial charge >= 0.3 is 0 Å². The number of nitrogens with one attached hydrogen (secondary N) is 1. The number of rotatable bonds is 6. The number of hydrogen-bond acceptors (Lipinski definition) is 5. The summed E-state index contributed by atoms with van der Waals surface area (Å²) in [4.78, 5) is 40.4. The first-order valence-electron chi connectivity index (χ1n) is 12.1. The highest BCUT2D eigenvalue weighted by atomic mass is 19.1. The maximum absolute atomic E-state index is 14.0. The van der Waals surface area contributed by atoms with Crippen molar-refractivity contribution < 1.29 is 27.9 Å². The van der Waals surface area contributed by atoms with Gasteiger partial charge in [-0.05, 0) is 32.6 Å².